The van der Waals surface area contributed by atoms with Crippen LogP contribution in [0, 0.1) is 0 Å². The smallest absolute Gasteiger partial charge is 0.243 e. The Morgan fingerprint density at radius 1 is 1.03 bits per heavy atom. The van der Waals surface area contributed by atoms with Crippen molar-refractivity contribution in [2.24, 2.45) is 0 Å². The van der Waals surface area contributed by atoms with E-state index in [4.69, 9.17) is 9.47 Å². The molecule has 1 saturated heterocycles. The maximum absolute atomic E-state index is 13.0. The largest absolute Gasteiger partial charge is 0.493 e. The van der Waals surface area contributed by atoms with Gasteiger partial charge in [0.2, 0.25) is 15.9 Å². The molecule has 2 aromatic rings. The molecule has 0 saturated carbocycles. The summed E-state index contributed by atoms with van der Waals surface area (Å²) in [5.41, 5.74) is 2.52. The van der Waals surface area contributed by atoms with Crippen molar-refractivity contribution < 1.29 is 22.7 Å². The topological polar surface area (TPSA) is 88.2 Å². The Hall–Kier alpha value is -2.78. The second kappa shape index (κ2) is 11.6. The van der Waals surface area contributed by atoms with Crippen molar-refractivity contribution >= 4 is 21.6 Å². The van der Waals surface area contributed by atoms with Crippen molar-refractivity contribution in [3.63, 3.8) is 0 Å². The monoisotopic (exact) mass is 489 g/mol. The average molecular weight is 490 g/mol. The number of rotatable bonds is 10. The van der Waals surface area contributed by atoms with Crippen LogP contribution >= 0.6 is 0 Å². The van der Waals surface area contributed by atoms with Crippen LogP contribution in [0.25, 0.3) is 0 Å². The molecule has 8 nitrogen and oxygen atoms in total. The first-order valence-corrected chi connectivity index (χ1v) is 13.4. The van der Waals surface area contributed by atoms with Gasteiger partial charge < -0.3 is 14.8 Å². The average Bonchev–Trinajstić information content (AvgIpc) is 2.82. The Morgan fingerprint density at radius 3 is 2.35 bits per heavy atom. The third-order valence-electron chi connectivity index (χ3n) is 6.02. The highest BCUT2D eigenvalue weighted by Crippen LogP contribution is 2.33. The van der Waals surface area contributed by atoms with Gasteiger partial charge in [0.15, 0.2) is 11.5 Å². The molecule has 1 aliphatic rings. The number of methoxy groups -OCH3 is 2. The van der Waals surface area contributed by atoms with Crippen LogP contribution in [0.15, 0.2) is 42.5 Å². The number of hydrogen-bond donors (Lipinski definition) is 1. The number of benzene rings is 2. The summed E-state index contributed by atoms with van der Waals surface area (Å²) in [5, 5.41) is 2.89. The summed E-state index contributed by atoms with van der Waals surface area (Å²) in [5.74, 6) is 0.467. The summed E-state index contributed by atoms with van der Waals surface area (Å²) in [6.45, 7) is 5.03. The number of sulfonamides is 1. The normalized spacial score (nSPS) is 15.4. The number of nitrogens with zero attached hydrogens (tertiary/aromatic N) is 2. The second-order valence-electron chi connectivity index (χ2n) is 8.65. The molecule has 1 unspecified atom stereocenters. The van der Waals surface area contributed by atoms with Crippen molar-refractivity contribution in [3.8, 4) is 11.5 Å². The fourth-order valence-corrected chi connectivity index (χ4v) is 5.49. The lowest BCUT2D eigenvalue weighted by atomic mass is 10.1. The number of amides is 1. The van der Waals surface area contributed by atoms with Gasteiger partial charge in [0.05, 0.1) is 26.2 Å². The van der Waals surface area contributed by atoms with Gasteiger partial charge in [-0.2, -0.15) is 0 Å². The molecule has 1 fully saturated rings. The number of carbonyl (C=O) groups excluding carboxylic acids is 1. The van der Waals surface area contributed by atoms with Gasteiger partial charge in [0.1, 0.15) is 6.04 Å². The Labute approximate surface area is 202 Å². The Balaban J connectivity index is 1.70. The standard InChI is InChI=1S/C25H35N3O5S/c1-19(28(34(4,30)31)22-11-12-23(32-2)24(16-22)33-3)25(29)26-17-20-9-8-10-21(15-20)18-27-13-6-5-7-14-27/h8-12,15-16,19H,5-7,13-14,17-18H2,1-4H3,(H,26,29). The molecule has 1 amide bonds. The molecule has 9 heteroatoms. The molecule has 2 aromatic carbocycles. The van der Waals surface area contributed by atoms with E-state index in [0.29, 0.717) is 23.7 Å². The number of anilines is 1. The second-order valence-corrected chi connectivity index (χ2v) is 10.5. The van der Waals surface area contributed by atoms with Crippen molar-refractivity contribution in [2.45, 2.75) is 45.3 Å². The fraction of sp³-hybridized carbons (Fsp3) is 0.480. The molecule has 1 atom stereocenters. The van der Waals surface area contributed by atoms with Crippen LogP contribution in [-0.4, -0.2) is 58.8 Å². The van der Waals surface area contributed by atoms with E-state index in [1.54, 1.807) is 25.1 Å². The van der Waals surface area contributed by atoms with Crippen LogP contribution in [0.5, 0.6) is 11.5 Å². The number of piperidine rings is 1. The van der Waals surface area contributed by atoms with Gasteiger partial charge in [-0.1, -0.05) is 30.7 Å². The molecule has 0 aliphatic carbocycles. The Kier molecular flexibility index (Phi) is 8.79. The summed E-state index contributed by atoms with van der Waals surface area (Å²) in [4.78, 5) is 15.4. The van der Waals surface area contributed by atoms with Gasteiger partial charge in [-0.05, 0) is 56.1 Å². The molecule has 0 radical (unpaired) electrons. The highest BCUT2D eigenvalue weighted by molar-refractivity contribution is 7.92. The molecule has 1 N–H and O–H groups in total. The SMILES string of the molecule is COc1ccc(N(C(C)C(=O)NCc2cccc(CN3CCCCC3)c2)S(C)(=O)=O)cc1OC. The molecule has 0 spiro atoms. The minimum absolute atomic E-state index is 0.320. The Morgan fingerprint density at radius 2 is 1.71 bits per heavy atom. The summed E-state index contributed by atoms with van der Waals surface area (Å²) in [6.07, 6.45) is 4.86. The first-order chi connectivity index (χ1) is 16.2. The van der Waals surface area contributed by atoms with E-state index >= 15 is 0 Å². The molecule has 0 bridgehead atoms. The van der Waals surface area contributed by atoms with E-state index in [0.717, 1.165) is 35.8 Å². The summed E-state index contributed by atoms with van der Waals surface area (Å²) < 4.78 is 36.8. The maximum atomic E-state index is 13.0. The predicted octanol–water partition coefficient (Wildman–Crippen LogP) is 3.16. The van der Waals surface area contributed by atoms with Crippen molar-refractivity contribution in [1.82, 2.24) is 10.2 Å². The van der Waals surface area contributed by atoms with Crippen molar-refractivity contribution in [3.05, 3.63) is 53.6 Å². The molecular weight excluding hydrogens is 454 g/mol. The highest BCUT2D eigenvalue weighted by Gasteiger charge is 2.29. The summed E-state index contributed by atoms with van der Waals surface area (Å²) in [6, 6.07) is 12.0. The molecular formula is C25H35N3O5S. The predicted molar refractivity (Wildman–Crippen MR) is 134 cm³/mol. The molecule has 3 rings (SSSR count). The first kappa shape index (κ1) is 25.8. The van der Waals surface area contributed by atoms with Crippen LogP contribution < -0.4 is 19.1 Å². The lowest BCUT2D eigenvalue weighted by molar-refractivity contribution is -0.122. The van der Waals surface area contributed by atoms with Gasteiger partial charge in [-0.3, -0.25) is 14.0 Å². The molecule has 1 aliphatic heterocycles. The fourth-order valence-electron chi connectivity index (χ4n) is 4.32. The number of hydrogen-bond acceptors (Lipinski definition) is 6. The highest BCUT2D eigenvalue weighted by atomic mass is 32.2. The number of likely N-dealkylation sites (tertiary alicyclic amines) is 1. The van der Waals surface area contributed by atoms with Gasteiger partial charge >= 0.3 is 0 Å². The lowest BCUT2D eigenvalue weighted by Crippen LogP contribution is -2.47. The minimum Gasteiger partial charge on any atom is -0.493 e. The zero-order chi connectivity index (χ0) is 24.7. The summed E-state index contributed by atoms with van der Waals surface area (Å²) in [7, 11) is -0.765. The third-order valence-corrected chi connectivity index (χ3v) is 7.26. The van der Waals surface area contributed by atoms with Crippen LogP contribution in [0.2, 0.25) is 0 Å². The van der Waals surface area contributed by atoms with Gasteiger partial charge in [-0.15, -0.1) is 0 Å². The van der Waals surface area contributed by atoms with E-state index < -0.39 is 16.1 Å². The van der Waals surface area contributed by atoms with Gasteiger partial charge in [0.25, 0.3) is 0 Å². The van der Waals surface area contributed by atoms with Crippen LogP contribution in [-0.2, 0) is 27.9 Å². The van der Waals surface area contributed by atoms with E-state index in [1.807, 2.05) is 12.1 Å². The van der Waals surface area contributed by atoms with Gasteiger partial charge in [0, 0.05) is 19.2 Å². The van der Waals surface area contributed by atoms with Crippen molar-refractivity contribution in [2.75, 3.05) is 37.9 Å². The van der Waals surface area contributed by atoms with Gasteiger partial charge in [-0.25, -0.2) is 8.42 Å². The maximum Gasteiger partial charge on any atom is 0.243 e. The zero-order valence-corrected chi connectivity index (χ0v) is 21.2. The van der Waals surface area contributed by atoms with E-state index in [2.05, 4.69) is 22.3 Å². The number of ether oxygens (including phenoxy) is 2. The number of nitrogens with one attached hydrogen (secondary N) is 1. The van der Waals surface area contributed by atoms with E-state index in [9.17, 15) is 13.2 Å². The molecule has 186 valence electrons. The minimum atomic E-state index is -3.74. The quantitative estimate of drug-likeness (QED) is 0.552. The molecule has 1 heterocycles. The zero-order valence-electron chi connectivity index (χ0n) is 20.4. The van der Waals surface area contributed by atoms with Crippen LogP contribution in [0.4, 0.5) is 5.69 Å². The van der Waals surface area contributed by atoms with E-state index in [-0.39, 0.29) is 5.91 Å². The van der Waals surface area contributed by atoms with Crippen molar-refractivity contribution in [1.29, 1.82) is 0 Å². The molecule has 34 heavy (non-hydrogen) atoms. The first-order valence-electron chi connectivity index (χ1n) is 11.5. The lowest BCUT2D eigenvalue weighted by Gasteiger charge is -2.29. The molecule has 0 aromatic heterocycles. The third kappa shape index (κ3) is 6.64. The van der Waals surface area contributed by atoms with E-state index in [1.165, 1.54) is 39.0 Å². The van der Waals surface area contributed by atoms with Crippen LogP contribution in [0.3, 0.4) is 0 Å². The summed E-state index contributed by atoms with van der Waals surface area (Å²) >= 11 is 0. The van der Waals surface area contributed by atoms with Crippen LogP contribution in [0.1, 0.15) is 37.3 Å². The number of carbonyl (C=O) groups is 1. The Bertz CT molecular complexity index is 1080.